The Hall–Kier alpha value is -2.80. The number of amides is 1. The van der Waals surface area contributed by atoms with E-state index >= 15 is 0 Å². The molecule has 0 spiro atoms. The molecule has 1 heterocycles. The van der Waals surface area contributed by atoms with Crippen molar-refractivity contribution < 1.29 is 13.2 Å². The number of benzene rings is 2. The lowest BCUT2D eigenvalue weighted by Gasteiger charge is -2.16. The van der Waals surface area contributed by atoms with E-state index in [1.807, 2.05) is 54.1 Å². The summed E-state index contributed by atoms with van der Waals surface area (Å²) in [6.07, 6.45) is 3.00. The lowest BCUT2D eigenvalue weighted by Crippen LogP contribution is -2.30. The lowest BCUT2D eigenvalue weighted by atomic mass is 10.1. The highest BCUT2D eigenvalue weighted by atomic mass is 32.2. The zero-order valence-corrected chi connectivity index (χ0v) is 15.5. The van der Waals surface area contributed by atoms with Gasteiger partial charge in [0, 0.05) is 17.4 Å². The van der Waals surface area contributed by atoms with E-state index in [1.165, 1.54) is 0 Å². The van der Waals surface area contributed by atoms with Gasteiger partial charge in [-0.3, -0.25) is 9.52 Å². The minimum Gasteiger partial charge on any atom is -0.348 e. The molecule has 136 valence electrons. The molecule has 0 aliphatic rings. The molecule has 0 saturated carbocycles. The summed E-state index contributed by atoms with van der Waals surface area (Å²) in [5.74, 6) is -0.111. The minimum absolute atomic E-state index is 0.111. The third-order valence-electron chi connectivity index (χ3n) is 4.06. The van der Waals surface area contributed by atoms with Crippen molar-refractivity contribution in [1.82, 2.24) is 9.88 Å². The Labute approximate surface area is 152 Å². The monoisotopic (exact) mass is 371 g/mol. The Bertz CT molecular complexity index is 1040. The molecule has 0 bridgehead atoms. The maximum atomic E-state index is 12.4. The number of para-hydroxylation sites is 1. The number of anilines is 1. The van der Waals surface area contributed by atoms with Gasteiger partial charge in [0.05, 0.1) is 12.3 Å². The van der Waals surface area contributed by atoms with E-state index in [2.05, 4.69) is 10.0 Å². The van der Waals surface area contributed by atoms with Crippen molar-refractivity contribution in [2.45, 2.75) is 19.5 Å². The van der Waals surface area contributed by atoms with Crippen LogP contribution in [0.5, 0.6) is 0 Å². The molecule has 1 amide bonds. The summed E-state index contributed by atoms with van der Waals surface area (Å²) in [4.78, 5) is 12.4. The number of hydrogen-bond donors (Lipinski definition) is 2. The van der Waals surface area contributed by atoms with Gasteiger partial charge in [0.25, 0.3) is 0 Å². The number of sulfonamides is 1. The van der Waals surface area contributed by atoms with Crippen LogP contribution in [0.25, 0.3) is 10.9 Å². The Kier molecular flexibility index (Phi) is 4.99. The SMILES string of the molecule is CC(NC(=O)Cn1ccc2ccccc21)c1cccc(NS(C)(=O)=O)c1. The van der Waals surface area contributed by atoms with Gasteiger partial charge in [-0.15, -0.1) is 0 Å². The van der Waals surface area contributed by atoms with Crippen molar-refractivity contribution >= 4 is 32.5 Å². The molecule has 1 aromatic heterocycles. The average molecular weight is 371 g/mol. The number of rotatable bonds is 6. The van der Waals surface area contributed by atoms with Gasteiger partial charge in [-0.05, 0) is 42.1 Å². The summed E-state index contributed by atoms with van der Waals surface area (Å²) < 4.78 is 27.1. The molecule has 0 saturated heterocycles. The Morgan fingerprint density at radius 3 is 2.65 bits per heavy atom. The molecule has 6 nitrogen and oxygen atoms in total. The first-order valence-electron chi connectivity index (χ1n) is 8.23. The third kappa shape index (κ3) is 4.43. The van der Waals surface area contributed by atoms with Crippen molar-refractivity contribution in [1.29, 1.82) is 0 Å². The van der Waals surface area contributed by atoms with Gasteiger partial charge < -0.3 is 9.88 Å². The Morgan fingerprint density at radius 2 is 1.88 bits per heavy atom. The fraction of sp³-hybridized carbons (Fsp3) is 0.211. The number of hydrogen-bond acceptors (Lipinski definition) is 3. The van der Waals surface area contributed by atoms with Crippen LogP contribution in [0.4, 0.5) is 5.69 Å². The lowest BCUT2D eigenvalue weighted by molar-refractivity contribution is -0.122. The first-order chi connectivity index (χ1) is 12.3. The molecule has 0 aliphatic carbocycles. The Balaban J connectivity index is 1.68. The topological polar surface area (TPSA) is 80.2 Å². The van der Waals surface area contributed by atoms with Crippen LogP contribution in [0.3, 0.4) is 0 Å². The second-order valence-corrected chi connectivity index (χ2v) is 8.04. The van der Waals surface area contributed by atoms with Crippen LogP contribution < -0.4 is 10.0 Å². The van der Waals surface area contributed by atoms with Gasteiger partial charge in [0.1, 0.15) is 6.54 Å². The number of aromatic nitrogens is 1. The molecular formula is C19H21N3O3S. The summed E-state index contributed by atoms with van der Waals surface area (Å²) >= 11 is 0. The van der Waals surface area contributed by atoms with E-state index in [0.29, 0.717) is 5.69 Å². The average Bonchev–Trinajstić information content (AvgIpc) is 2.96. The van der Waals surface area contributed by atoms with Crippen molar-refractivity contribution in [2.75, 3.05) is 11.0 Å². The molecule has 26 heavy (non-hydrogen) atoms. The van der Waals surface area contributed by atoms with Gasteiger partial charge in [-0.25, -0.2) is 8.42 Å². The number of carbonyl (C=O) groups is 1. The van der Waals surface area contributed by atoms with Crippen molar-refractivity contribution in [2.24, 2.45) is 0 Å². The Morgan fingerprint density at radius 1 is 1.12 bits per heavy atom. The highest BCUT2D eigenvalue weighted by Gasteiger charge is 2.12. The highest BCUT2D eigenvalue weighted by molar-refractivity contribution is 7.92. The van der Waals surface area contributed by atoms with E-state index in [0.717, 1.165) is 22.7 Å². The van der Waals surface area contributed by atoms with Crippen molar-refractivity contribution in [3.05, 3.63) is 66.4 Å². The molecule has 0 fully saturated rings. The summed E-state index contributed by atoms with van der Waals surface area (Å²) in [5.41, 5.74) is 2.31. The fourth-order valence-electron chi connectivity index (χ4n) is 2.89. The first kappa shape index (κ1) is 18.0. The zero-order chi connectivity index (χ0) is 18.7. The second kappa shape index (κ2) is 7.21. The van der Waals surface area contributed by atoms with Crippen LogP contribution in [-0.2, 0) is 21.4 Å². The van der Waals surface area contributed by atoms with Gasteiger partial charge in [0.2, 0.25) is 15.9 Å². The van der Waals surface area contributed by atoms with E-state index < -0.39 is 10.0 Å². The molecule has 1 unspecified atom stereocenters. The quantitative estimate of drug-likeness (QED) is 0.699. The van der Waals surface area contributed by atoms with Crippen LogP contribution in [0, 0.1) is 0 Å². The van der Waals surface area contributed by atoms with Gasteiger partial charge in [-0.1, -0.05) is 30.3 Å². The van der Waals surface area contributed by atoms with E-state index in [9.17, 15) is 13.2 Å². The number of fused-ring (bicyclic) bond motifs is 1. The molecule has 0 radical (unpaired) electrons. The summed E-state index contributed by atoms with van der Waals surface area (Å²) in [7, 11) is -3.34. The molecule has 1 atom stereocenters. The van der Waals surface area contributed by atoms with Crippen LogP contribution in [-0.4, -0.2) is 25.1 Å². The van der Waals surface area contributed by atoms with Gasteiger partial charge >= 0.3 is 0 Å². The number of nitrogens with zero attached hydrogens (tertiary/aromatic N) is 1. The molecule has 0 aliphatic heterocycles. The predicted molar refractivity (Wildman–Crippen MR) is 103 cm³/mol. The highest BCUT2D eigenvalue weighted by Crippen LogP contribution is 2.19. The number of nitrogens with one attached hydrogen (secondary N) is 2. The fourth-order valence-corrected chi connectivity index (χ4v) is 3.44. The maximum absolute atomic E-state index is 12.4. The molecule has 2 aromatic carbocycles. The van der Waals surface area contributed by atoms with Crippen LogP contribution in [0.2, 0.25) is 0 Å². The van der Waals surface area contributed by atoms with Gasteiger partial charge in [-0.2, -0.15) is 0 Å². The molecule has 3 aromatic rings. The van der Waals surface area contributed by atoms with Crippen molar-refractivity contribution in [3.8, 4) is 0 Å². The molecule has 3 rings (SSSR count). The van der Waals surface area contributed by atoms with E-state index in [-0.39, 0.29) is 18.5 Å². The largest absolute Gasteiger partial charge is 0.348 e. The summed E-state index contributed by atoms with van der Waals surface area (Å²) in [5, 5.41) is 4.04. The van der Waals surface area contributed by atoms with Crippen LogP contribution in [0.15, 0.2) is 60.8 Å². The predicted octanol–water partition coefficient (Wildman–Crippen LogP) is 2.89. The molecule has 2 N–H and O–H groups in total. The van der Waals surface area contributed by atoms with E-state index in [1.54, 1.807) is 18.2 Å². The molecule has 7 heteroatoms. The summed E-state index contributed by atoms with van der Waals surface area (Å²) in [6, 6.07) is 16.6. The van der Waals surface area contributed by atoms with Gasteiger partial charge in [0.15, 0.2) is 0 Å². The smallest absolute Gasteiger partial charge is 0.240 e. The standard InChI is InChI=1S/C19H21N3O3S/c1-14(16-7-5-8-17(12-16)21-26(2,24)25)20-19(23)13-22-11-10-15-6-3-4-9-18(15)22/h3-12,14,21H,13H2,1-2H3,(H,20,23). The maximum Gasteiger partial charge on any atom is 0.240 e. The van der Waals surface area contributed by atoms with Crippen LogP contribution >= 0.6 is 0 Å². The second-order valence-electron chi connectivity index (χ2n) is 6.29. The summed E-state index contributed by atoms with van der Waals surface area (Å²) in [6.45, 7) is 2.09. The van der Waals surface area contributed by atoms with Crippen molar-refractivity contribution in [3.63, 3.8) is 0 Å². The normalized spacial score (nSPS) is 12.7. The molecular weight excluding hydrogens is 350 g/mol. The first-order valence-corrected chi connectivity index (χ1v) is 10.1. The minimum atomic E-state index is -3.34. The third-order valence-corrected chi connectivity index (χ3v) is 4.67. The number of carbonyl (C=O) groups excluding carboxylic acids is 1. The zero-order valence-electron chi connectivity index (χ0n) is 14.6. The van der Waals surface area contributed by atoms with Crippen LogP contribution in [0.1, 0.15) is 18.5 Å². The van der Waals surface area contributed by atoms with E-state index in [4.69, 9.17) is 0 Å².